The number of aryl methyl sites for hydroxylation is 1. The minimum absolute atomic E-state index is 0.0518. The zero-order valence-corrected chi connectivity index (χ0v) is 23.4. The van der Waals surface area contributed by atoms with Crippen molar-refractivity contribution in [1.82, 2.24) is 25.1 Å². The predicted octanol–water partition coefficient (Wildman–Crippen LogP) is 5.91. The van der Waals surface area contributed by atoms with Crippen molar-refractivity contribution in [3.63, 3.8) is 0 Å². The molecule has 2 atom stereocenters. The van der Waals surface area contributed by atoms with Crippen LogP contribution in [0.5, 0.6) is 0 Å². The van der Waals surface area contributed by atoms with Crippen molar-refractivity contribution in [2.45, 2.75) is 51.6 Å². The Kier molecular flexibility index (Phi) is 7.82. The van der Waals surface area contributed by atoms with Crippen LogP contribution < -0.4 is 10.6 Å². The maximum absolute atomic E-state index is 13.4. The number of benzene rings is 3. The highest BCUT2D eigenvalue weighted by molar-refractivity contribution is 6.30. The monoisotopic (exact) mass is 551 g/mol. The van der Waals surface area contributed by atoms with Crippen molar-refractivity contribution >= 4 is 39.3 Å². The Hall–Kier alpha value is -3.71. The molecule has 3 heterocycles. The minimum atomic E-state index is -0.213. The number of hydrogen-bond acceptors (Lipinski definition) is 4. The maximum atomic E-state index is 13.4. The fourth-order valence-corrected chi connectivity index (χ4v) is 6.07. The van der Waals surface area contributed by atoms with Gasteiger partial charge in [-0.25, -0.2) is 0 Å². The molecule has 40 heavy (non-hydrogen) atoms. The molecule has 0 saturated carbocycles. The van der Waals surface area contributed by atoms with Gasteiger partial charge in [0.1, 0.15) is 0 Å². The second-order valence-corrected chi connectivity index (χ2v) is 11.0. The first kappa shape index (κ1) is 26.5. The van der Waals surface area contributed by atoms with Crippen molar-refractivity contribution in [2.75, 3.05) is 6.54 Å². The summed E-state index contributed by atoms with van der Waals surface area (Å²) < 4.78 is 2.38. The van der Waals surface area contributed by atoms with Gasteiger partial charge in [-0.3, -0.25) is 14.7 Å². The van der Waals surface area contributed by atoms with E-state index in [4.69, 9.17) is 11.6 Å². The Morgan fingerprint density at radius 2 is 1.73 bits per heavy atom. The molecule has 0 bridgehead atoms. The van der Waals surface area contributed by atoms with Crippen LogP contribution in [0.1, 0.15) is 30.0 Å². The average Bonchev–Trinajstić information content (AvgIpc) is 3.54. The standard InChI is InChI=1S/C33H34ClN5O/c1-2-39-30-8-4-3-7-28(30)29-16-24(11-14-31(29)39)19-36-27-17-32(33(40)37-20-25-6-5-15-35-18-25)38(22-27)21-23-9-12-26(34)13-10-23/h3-16,18,27,32,36H,2,17,19-22H2,1H3,(H,37,40)/t27-,32-/m0/s1. The van der Waals surface area contributed by atoms with Crippen molar-refractivity contribution in [3.05, 3.63) is 113 Å². The van der Waals surface area contributed by atoms with Gasteiger partial charge in [0.15, 0.2) is 0 Å². The topological polar surface area (TPSA) is 62.2 Å². The number of aromatic nitrogens is 2. The quantitative estimate of drug-likeness (QED) is 0.239. The van der Waals surface area contributed by atoms with Gasteiger partial charge >= 0.3 is 0 Å². The van der Waals surface area contributed by atoms with Crippen LogP contribution in [0.4, 0.5) is 0 Å². The molecule has 0 spiro atoms. The van der Waals surface area contributed by atoms with E-state index in [9.17, 15) is 4.79 Å². The second-order valence-electron chi connectivity index (χ2n) is 10.6. The summed E-state index contributed by atoms with van der Waals surface area (Å²) in [6, 6.07) is 27.2. The summed E-state index contributed by atoms with van der Waals surface area (Å²) >= 11 is 6.11. The molecule has 1 aliphatic heterocycles. The van der Waals surface area contributed by atoms with Gasteiger partial charge in [-0.1, -0.05) is 54.1 Å². The molecule has 6 nitrogen and oxygen atoms in total. The fraction of sp³-hybridized carbons (Fsp3) is 0.273. The predicted molar refractivity (Wildman–Crippen MR) is 162 cm³/mol. The number of pyridine rings is 1. The molecule has 1 fully saturated rings. The van der Waals surface area contributed by atoms with Crippen LogP contribution in [-0.2, 0) is 31.0 Å². The molecule has 3 aromatic carbocycles. The molecule has 204 valence electrons. The van der Waals surface area contributed by atoms with Crippen molar-refractivity contribution < 1.29 is 4.79 Å². The Bertz CT molecular complexity index is 1620. The number of carbonyl (C=O) groups is 1. The largest absolute Gasteiger partial charge is 0.351 e. The summed E-state index contributed by atoms with van der Waals surface area (Å²) in [6.07, 6.45) is 4.29. The van der Waals surface area contributed by atoms with Crippen LogP contribution >= 0.6 is 11.6 Å². The number of amides is 1. The number of nitrogens with one attached hydrogen (secondary N) is 2. The lowest BCUT2D eigenvalue weighted by atomic mass is 10.1. The van der Waals surface area contributed by atoms with E-state index < -0.39 is 0 Å². The highest BCUT2D eigenvalue weighted by atomic mass is 35.5. The van der Waals surface area contributed by atoms with E-state index in [0.29, 0.717) is 13.1 Å². The number of hydrogen-bond donors (Lipinski definition) is 2. The Morgan fingerprint density at radius 3 is 2.52 bits per heavy atom. The zero-order valence-electron chi connectivity index (χ0n) is 22.7. The molecular weight excluding hydrogens is 518 g/mol. The van der Waals surface area contributed by atoms with Crippen LogP contribution in [-0.4, -0.2) is 39.0 Å². The van der Waals surface area contributed by atoms with Gasteiger partial charge in [0.05, 0.1) is 6.04 Å². The molecule has 7 heteroatoms. The summed E-state index contributed by atoms with van der Waals surface area (Å²) in [6.45, 7) is 5.86. The molecule has 0 aliphatic carbocycles. The van der Waals surface area contributed by atoms with Gasteiger partial charge in [-0.15, -0.1) is 0 Å². The van der Waals surface area contributed by atoms with Crippen LogP contribution in [0.15, 0.2) is 91.3 Å². The fourth-order valence-electron chi connectivity index (χ4n) is 5.95. The van der Waals surface area contributed by atoms with Crippen molar-refractivity contribution in [2.24, 2.45) is 0 Å². The normalized spacial score (nSPS) is 17.6. The van der Waals surface area contributed by atoms with Crippen LogP contribution in [0.3, 0.4) is 0 Å². The average molecular weight is 552 g/mol. The first-order valence-electron chi connectivity index (χ1n) is 14.0. The molecule has 5 aromatic rings. The highest BCUT2D eigenvalue weighted by Gasteiger charge is 2.36. The van der Waals surface area contributed by atoms with E-state index in [1.165, 1.54) is 27.4 Å². The van der Waals surface area contributed by atoms with E-state index >= 15 is 0 Å². The zero-order chi connectivity index (χ0) is 27.5. The van der Waals surface area contributed by atoms with E-state index in [0.717, 1.165) is 42.2 Å². The van der Waals surface area contributed by atoms with E-state index in [2.05, 4.69) is 74.5 Å². The third-order valence-corrected chi connectivity index (χ3v) is 8.19. The lowest BCUT2D eigenvalue weighted by Crippen LogP contribution is -2.42. The van der Waals surface area contributed by atoms with Crippen LogP contribution in [0.25, 0.3) is 21.8 Å². The minimum Gasteiger partial charge on any atom is -0.351 e. The molecule has 1 aliphatic rings. The number of likely N-dealkylation sites (tertiary alicyclic amines) is 1. The lowest BCUT2D eigenvalue weighted by Gasteiger charge is -2.23. The maximum Gasteiger partial charge on any atom is 0.237 e. The van der Waals surface area contributed by atoms with Crippen LogP contribution in [0, 0.1) is 0 Å². The number of nitrogens with zero attached hydrogens (tertiary/aromatic N) is 3. The number of carbonyl (C=O) groups excluding carboxylic acids is 1. The highest BCUT2D eigenvalue weighted by Crippen LogP contribution is 2.30. The van der Waals surface area contributed by atoms with Gasteiger partial charge in [0.25, 0.3) is 0 Å². The van der Waals surface area contributed by atoms with Crippen molar-refractivity contribution in [1.29, 1.82) is 0 Å². The number of rotatable bonds is 9. The van der Waals surface area contributed by atoms with Gasteiger partial charge in [-0.2, -0.15) is 0 Å². The summed E-state index contributed by atoms with van der Waals surface area (Å²) in [7, 11) is 0. The van der Waals surface area contributed by atoms with Gasteiger partial charge in [0, 0.05) is 78.0 Å². The number of halogens is 1. The Morgan fingerprint density at radius 1 is 0.925 bits per heavy atom. The lowest BCUT2D eigenvalue weighted by molar-refractivity contribution is -0.125. The summed E-state index contributed by atoms with van der Waals surface area (Å²) in [5, 5.41) is 10.2. The van der Waals surface area contributed by atoms with Crippen LogP contribution in [0.2, 0.25) is 5.02 Å². The van der Waals surface area contributed by atoms with Gasteiger partial charge < -0.3 is 15.2 Å². The van der Waals surface area contributed by atoms with E-state index in [-0.39, 0.29) is 18.0 Å². The van der Waals surface area contributed by atoms with E-state index in [1.807, 2.05) is 36.4 Å². The molecule has 1 amide bonds. The Labute approximate surface area is 240 Å². The third-order valence-electron chi connectivity index (χ3n) is 7.94. The second kappa shape index (κ2) is 11.8. The van der Waals surface area contributed by atoms with Gasteiger partial charge in [0.2, 0.25) is 5.91 Å². The van der Waals surface area contributed by atoms with Crippen molar-refractivity contribution in [3.8, 4) is 0 Å². The molecule has 0 radical (unpaired) electrons. The Balaban J connectivity index is 1.17. The SMILES string of the molecule is CCn1c2ccccc2c2cc(CN[C@H]3C[C@@H](C(=O)NCc4cccnc4)N(Cc4ccc(Cl)cc4)C3)ccc21. The summed E-state index contributed by atoms with van der Waals surface area (Å²) in [5.74, 6) is 0.0518. The number of fused-ring (bicyclic) bond motifs is 3. The molecule has 6 rings (SSSR count). The third kappa shape index (κ3) is 5.61. The smallest absolute Gasteiger partial charge is 0.237 e. The molecule has 0 unspecified atom stereocenters. The van der Waals surface area contributed by atoms with E-state index in [1.54, 1.807) is 12.4 Å². The molecule has 1 saturated heterocycles. The summed E-state index contributed by atoms with van der Waals surface area (Å²) in [4.78, 5) is 19.8. The first-order chi connectivity index (χ1) is 19.6. The molecule has 2 aromatic heterocycles. The van der Waals surface area contributed by atoms with Gasteiger partial charge in [-0.05, 0) is 66.4 Å². The summed E-state index contributed by atoms with van der Waals surface area (Å²) in [5.41, 5.74) is 5.94. The first-order valence-corrected chi connectivity index (χ1v) is 14.3. The molecular formula is C33H34ClN5O. The number of para-hydroxylation sites is 1. The molecule has 2 N–H and O–H groups in total.